The summed E-state index contributed by atoms with van der Waals surface area (Å²) in [7, 11) is 0. The molecule has 1 aromatic heterocycles. The molecule has 19 heavy (non-hydrogen) atoms. The highest BCUT2D eigenvalue weighted by molar-refractivity contribution is 7.14. The fourth-order valence-electron chi connectivity index (χ4n) is 1.92. The van der Waals surface area contributed by atoms with Gasteiger partial charge in [-0.1, -0.05) is 20.8 Å². The maximum atomic E-state index is 12.0. The Morgan fingerprint density at radius 2 is 2.16 bits per heavy atom. The maximum Gasteiger partial charge on any atom is 0.261 e. The van der Waals surface area contributed by atoms with Crippen molar-refractivity contribution >= 4 is 17.2 Å². The van der Waals surface area contributed by atoms with Crippen molar-refractivity contribution < 1.29 is 9.90 Å². The SMILES string of the molecule is CCc1sc(C(=O)NCCCC(C)(C)CO)cc1C. The molecule has 108 valence electrons. The van der Waals surface area contributed by atoms with E-state index in [0.29, 0.717) is 6.54 Å². The van der Waals surface area contributed by atoms with Gasteiger partial charge in [0.15, 0.2) is 0 Å². The van der Waals surface area contributed by atoms with E-state index >= 15 is 0 Å². The predicted octanol–water partition coefficient (Wildman–Crippen LogP) is 3.15. The number of aliphatic hydroxyl groups is 1. The molecule has 4 heteroatoms. The highest BCUT2D eigenvalue weighted by atomic mass is 32.1. The lowest BCUT2D eigenvalue weighted by atomic mass is 9.89. The molecule has 3 nitrogen and oxygen atoms in total. The van der Waals surface area contributed by atoms with Crippen molar-refractivity contribution in [3.05, 3.63) is 21.4 Å². The molecular formula is C15H25NO2S. The zero-order valence-electron chi connectivity index (χ0n) is 12.4. The van der Waals surface area contributed by atoms with Gasteiger partial charge in [0, 0.05) is 18.0 Å². The molecule has 0 fully saturated rings. The Kier molecular flexibility index (Phi) is 6.01. The Morgan fingerprint density at radius 3 is 2.68 bits per heavy atom. The van der Waals surface area contributed by atoms with E-state index in [4.69, 9.17) is 5.11 Å². The van der Waals surface area contributed by atoms with Crippen molar-refractivity contribution in [2.45, 2.75) is 47.0 Å². The standard InChI is InChI=1S/C15H25NO2S/c1-5-12-11(2)9-13(19-12)14(18)16-8-6-7-15(3,4)10-17/h9,17H,5-8,10H2,1-4H3,(H,16,18). The molecule has 1 heterocycles. The Hall–Kier alpha value is -0.870. The highest BCUT2D eigenvalue weighted by Gasteiger charge is 2.16. The molecule has 0 unspecified atom stereocenters. The van der Waals surface area contributed by atoms with E-state index in [0.717, 1.165) is 24.1 Å². The van der Waals surface area contributed by atoms with Crippen molar-refractivity contribution in [2.75, 3.05) is 13.2 Å². The second kappa shape index (κ2) is 7.06. The summed E-state index contributed by atoms with van der Waals surface area (Å²) >= 11 is 1.58. The van der Waals surface area contributed by atoms with Crippen LogP contribution in [0.4, 0.5) is 0 Å². The molecule has 0 spiro atoms. The monoisotopic (exact) mass is 283 g/mol. The van der Waals surface area contributed by atoms with Crippen LogP contribution in [0.15, 0.2) is 6.07 Å². The van der Waals surface area contributed by atoms with Crippen LogP contribution in [0.5, 0.6) is 0 Å². The molecule has 0 saturated heterocycles. The number of hydrogen-bond acceptors (Lipinski definition) is 3. The number of rotatable bonds is 7. The predicted molar refractivity (Wildman–Crippen MR) is 80.9 cm³/mol. The van der Waals surface area contributed by atoms with Crippen LogP contribution in [0.25, 0.3) is 0 Å². The van der Waals surface area contributed by atoms with Gasteiger partial charge in [0.05, 0.1) is 4.88 Å². The van der Waals surface area contributed by atoms with Gasteiger partial charge in [0.25, 0.3) is 5.91 Å². The van der Waals surface area contributed by atoms with Crippen LogP contribution in [0.3, 0.4) is 0 Å². The minimum Gasteiger partial charge on any atom is -0.396 e. The third-order valence-electron chi connectivity index (χ3n) is 3.31. The molecule has 1 aromatic rings. The summed E-state index contributed by atoms with van der Waals surface area (Å²) in [6.45, 7) is 9.08. The average Bonchev–Trinajstić information content (AvgIpc) is 2.76. The number of nitrogens with one attached hydrogen (secondary N) is 1. The first-order valence-electron chi connectivity index (χ1n) is 6.88. The number of carbonyl (C=O) groups is 1. The summed E-state index contributed by atoms with van der Waals surface area (Å²) in [4.78, 5) is 14.1. The van der Waals surface area contributed by atoms with Gasteiger partial charge in [-0.15, -0.1) is 11.3 Å². The van der Waals surface area contributed by atoms with Gasteiger partial charge in [0.1, 0.15) is 0 Å². The van der Waals surface area contributed by atoms with Gasteiger partial charge in [-0.3, -0.25) is 4.79 Å². The molecule has 0 radical (unpaired) electrons. The van der Waals surface area contributed by atoms with Gasteiger partial charge in [-0.25, -0.2) is 0 Å². The summed E-state index contributed by atoms with van der Waals surface area (Å²) in [6.07, 6.45) is 2.78. The highest BCUT2D eigenvalue weighted by Crippen LogP contribution is 2.23. The van der Waals surface area contributed by atoms with Gasteiger partial charge in [-0.2, -0.15) is 0 Å². The number of aryl methyl sites for hydroxylation is 2. The van der Waals surface area contributed by atoms with E-state index < -0.39 is 0 Å². The zero-order valence-corrected chi connectivity index (χ0v) is 13.2. The number of thiophene rings is 1. The molecule has 0 aliphatic carbocycles. The normalized spacial score (nSPS) is 11.6. The molecule has 1 rings (SSSR count). The quantitative estimate of drug-likeness (QED) is 0.755. The molecule has 0 saturated carbocycles. The van der Waals surface area contributed by atoms with Gasteiger partial charge >= 0.3 is 0 Å². The van der Waals surface area contributed by atoms with Crippen molar-refractivity contribution in [1.29, 1.82) is 0 Å². The first-order chi connectivity index (χ1) is 8.89. The lowest BCUT2D eigenvalue weighted by Gasteiger charge is -2.21. The third-order valence-corrected chi connectivity index (χ3v) is 4.69. The fraction of sp³-hybridized carbons (Fsp3) is 0.667. The van der Waals surface area contributed by atoms with Crippen molar-refractivity contribution in [1.82, 2.24) is 5.32 Å². The number of aliphatic hydroxyl groups excluding tert-OH is 1. The Bertz CT molecular complexity index is 424. The Balaban J connectivity index is 2.39. The summed E-state index contributed by atoms with van der Waals surface area (Å²) in [5.41, 5.74) is 1.15. The molecule has 2 N–H and O–H groups in total. The first-order valence-corrected chi connectivity index (χ1v) is 7.69. The van der Waals surface area contributed by atoms with E-state index in [2.05, 4.69) is 19.2 Å². The van der Waals surface area contributed by atoms with E-state index in [9.17, 15) is 4.79 Å². The van der Waals surface area contributed by atoms with E-state index in [1.165, 1.54) is 10.4 Å². The van der Waals surface area contributed by atoms with Crippen LogP contribution in [0.1, 0.15) is 53.7 Å². The van der Waals surface area contributed by atoms with Crippen LogP contribution < -0.4 is 5.32 Å². The molecule has 0 bridgehead atoms. The Morgan fingerprint density at radius 1 is 1.47 bits per heavy atom. The Labute approximate surface area is 120 Å². The van der Waals surface area contributed by atoms with E-state index in [1.54, 1.807) is 11.3 Å². The minimum atomic E-state index is -0.0559. The van der Waals surface area contributed by atoms with Crippen molar-refractivity contribution in [2.24, 2.45) is 5.41 Å². The first kappa shape index (κ1) is 16.2. The fourth-order valence-corrected chi connectivity index (χ4v) is 2.95. The van der Waals surface area contributed by atoms with Gasteiger partial charge in [-0.05, 0) is 43.2 Å². The van der Waals surface area contributed by atoms with Crippen LogP contribution in [0, 0.1) is 12.3 Å². The minimum absolute atomic E-state index is 0.0228. The van der Waals surface area contributed by atoms with Crippen LogP contribution in [-0.4, -0.2) is 24.2 Å². The van der Waals surface area contributed by atoms with Crippen molar-refractivity contribution in [3.63, 3.8) is 0 Å². The van der Waals surface area contributed by atoms with Gasteiger partial charge < -0.3 is 10.4 Å². The van der Waals surface area contributed by atoms with Crippen LogP contribution in [-0.2, 0) is 6.42 Å². The second-order valence-corrected chi connectivity index (χ2v) is 6.89. The maximum absolute atomic E-state index is 12.0. The largest absolute Gasteiger partial charge is 0.396 e. The smallest absolute Gasteiger partial charge is 0.261 e. The van der Waals surface area contributed by atoms with Crippen molar-refractivity contribution in [3.8, 4) is 0 Å². The lowest BCUT2D eigenvalue weighted by molar-refractivity contribution is 0.0952. The number of carbonyl (C=O) groups excluding carboxylic acids is 1. The molecule has 0 atom stereocenters. The molecule has 0 aliphatic heterocycles. The molecule has 0 aromatic carbocycles. The summed E-state index contributed by atoms with van der Waals surface area (Å²) < 4.78 is 0. The zero-order chi connectivity index (χ0) is 14.5. The van der Waals surface area contributed by atoms with Crippen LogP contribution in [0.2, 0.25) is 0 Å². The summed E-state index contributed by atoms with van der Waals surface area (Å²) in [5.74, 6) is 0.0228. The second-order valence-electron chi connectivity index (χ2n) is 5.75. The summed E-state index contributed by atoms with van der Waals surface area (Å²) in [6, 6.07) is 1.97. The summed E-state index contributed by atoms with van der Waals surface area (Å²) in [5, 5.41) is 12.1. The number of amides is 1. The van der Waals surface area contributed by atoms with Gasteiger partial charge in [0.2, 0.25) is 0 Å². The van der Waals surface area contributed by atoms with E-state index in [-0.39, 0.29) is 17.9 Å². The van der Waals surface area contributed by atoms with Crippen LogP contribution >= 0.6 is 11.3 Å². The topological polar surface area (TPSA) is 49.3 Å². The molecular weight excluding hydrogens is 258 g/mol. The van der Waals surface area contributed by atoms with E-state index in [1.807, 2.05) is 19.9 Å². The average molecular weight is 283 g/mol. The lowest BCUT2D eigenvalue weighted by Crippen LogP contribution is -2.25. The molecule has 0 aliphatic rings. The third kappa shape index (κ3) is 4.96. The number of hydrogen-bond donors (Lipinski definition) is 2. The molecule has 1 amide bonds.